The van der Waals surface area contributed by atoms with Crippen molar-refractivity contribution < 1.29 is 22.3 Å². The zero-order valence-electron chi connectivity index (χ0n) is 13.4. The number of hydrogen-bond acceptors (Lipinski definition) is 1. The van der Waals surface area contributed by atoms with E-state index in [-0.39, 0.29) is 5.56 Å². The summed E-state index contributed by atoms with van der Waals surface area (Å²) in [4.78, 5) is -3.75. The van der Waals surface area contributed by atoms with Gasteiger partial charge < -0.3 is 4.74 Å². The van der Waals surface area contributed by atoms with Gasteiger partial charge in [0.05, 0.1) is 6.61 Å². The van der Waals surface area contributed by atoms with Gasteiger partial charge in [0.1, 0.15) is 22.9 Å². The molecule has 3 rings (SSSR count). The first-order valence-corrected chi connectivity index (χ1v) is 8.93. The minimum absolute atomic E-state index is 0.192. The van der Waals surface area contributed by atoms with Gasteiger partial charge in [-0.2, -0.15) is 8.78 Å². The van der Waals surface area contributed by atoms with E-state index in [1.807, 2.05) is 15.9 Å². The standard InChI is InChI=1S/C19H17BrF4O/c20-19(23,24)18-16(21)9-14(10-17(18)22)13-5-7-15(8-6-13)25-11-12-3-1-2-4-12/h5-10,12H,1-4,11H2. The summed E-state index contributed by atoms with van der Waals surface area (Å²) in [7, 11) is 0. The lowest BCUT2D eigenvalue weighted by Gasteiger charge is -2.14. The van der Waals surface area contributed by atoms with Gasteiger partial charge in [0.2, 0.25) is 0 Å². The molecule has 2 aromatic rings. The van der Waals surface area contributed by atoms with Gasteiger partial charge in [0, 0.05) is 0 Å². The van der Waals surface area contributed by atoms with E-state index in [4.69, 9.17) is 4.74 Å². The van der Waals surface area contributed by atoms with Gasteiger partial charge in [-0.3, -0.25) is 0 Å². The summed E-state index contributed by atoms with van der Waals surface area (Å²) in [5.41, 5.74) is -0.568. The summed E-state index contributed by atoms with van der Waals surface area (Å²) in [5.74, 6) is -1.32. The Hall–Kier alpha value is -1.56. The van der Waals surface area contributed by atoms with Gasteiger partial charge in [-0.1, -0.05) is 25.0 Å². The monoisotopic (exact) mass is 416 g/mol. The maximum absolute atomic E-state index is 13.9. The average molecular weight is 417 g/mol. The van der Waals surface area contributed by atoms with Crippen molar-refractivity contribution in [3.63, 3.8) is 0 Å². The highest BCUT2D eigenvalue weighted by Crippen LogP contribution is 2.39. The summed E-state index contributed by atoms with van der Waals surface area (Å²) in [6, 6.07) is 8.55. The highest BCUT2D eigenvalue weighted by molar-refractivity contribution is 9.09. The van der Waals surface area contributed by atoms with Crippen LogP contribution < -0.4 is 4.74 Å². The minimum Gasteiger partial charge on any atom is -0.493 e. The molecular weight excluding hydrogens is 400 g/mol. The Morgan fingerprint density at radius 2 is 1.52 bits per heavy atom. The second-order valence-electron chi connectivity index (χ2n) is 6.30. The largest absolute Gasteiger partial charge is 0.493 e. The molecule has 0 spiro atoms. The van der Waals surface area contributed by atoms with Crippen LogP contribution in [0.1, 0.15) is 31.2 Å². The molecule has 1 saturated carbocycles. The molecule has 25 heavy (non-hydrogen) atoms. The average Bonchev–Trinajstić information content (AvgIpc) is 3.05. The van der Waals surface area contributed by atoms with E-state index in [1.54, 1.807) is 24.3 Å². The van der Waals surface area contributed by atoms with Gasteiger partial charge in [0.25, 0.3) is 0 Å². The Balaban J connectivity index is 1.75. The van der Waals surface area contributed by atoms with Crippen LogP contribution in [0.15, 0.2) is 36.4 Å². The molecule has 1 aliphatic carbocycles. The second kappa shape index (κ2) is 7.36. The number of halogens is 5. The topological polar surface area (TPSA) is 9.23 Å². The van der Waals surface area contributed by atoms with Crippen molar-refractivity contribution in [1.29, 1.82) is 0 Å². The predicted octanol–water partition coefficient (Wildman–Crippen LogP) is 6.65. The minimum atomic E-state index is -3.75. The van der Waals surface area contributed by atoms with Crippen LogP contribution in [0.3, 0.4) is 0 Å². The van der Waals surface area contributed by atoms with Crippen LogP contribution in [0, 0.1) is 17.6 Å². The molecule has 0 bridgehead atoms. The third kappa shape index (κ3) is 4.35. The quantitative estimate of drug-likeness (QED) is 0.391. The van der Waals surface area contributed by atoms with Gasteiger partial charge in [-0.05, 0) is 70.1 Å². The lowest BCUT2D eigenvalue weighted by molar-refractivity contribution is 0.105. The Morgan fingerprint density at radius 1 is 0.960 bits per heavy atom. The summed E-state index contributed by atoms with van der Waals surface area (Å²) in [5, 5.41) is 0. The van der Waals surface area contributed by atoms with Crippen LogP contribution in [0.5, 0.6) is 5.75 Å². The van der Waals surface area contributed by atoms with Crippen LogP contribution in [-0.2, 0) is 4.83 Å². The smallest absolute Gasteiger partial charge is 0.332 e. The molecule has 0 N–H and O–H groups in total. The number of rotatable bonds is 5. The first kappa shape index (κ1) is 18.2. The lowest BCUT2D eigenvalue weighted by Crippen LogP contribution is -2.09. The maximum atomic E-state index is 13.9. The molecule has 0 aromatic heterocycles. The van der Waals surface area contributed by atoms with Gasteiger partial charge in [-0.25, -0.2) is 8.78 Å². The molecule has 0 heterocycles. The molecule has 1 nitrogen and oxygen atoms in total. The van der Waals surface area contributed by atoms with Gasteiger partial charge >= 0.3 is 4.83 Å². The van der Waals surface area contributed by atoms with Crippen LogP contribution in [-0.4, -0.2) is 6.61 Å². The summed E-state index contributed by atoms with van der Waals surface area (Å²) in [6.07, 6.45) is 4.85. The van der Waals surface area contributed by atoms with Crippen LogP contribution in [0.4, 0.5) is 17.6 Å². The Labute approximate surface area is 152 Å². The van der Waals surface area contributed by atoms with Gasteiger partial charge in [-0.15, -0.1) is 0 Å². The summed E-state index contributed by atoms with van der Waals surface area (Å²) in [6.45, 7) is 0.664. The van der Waals surface area contributed by atoms with Crippen molar-refractivity contribution in [3.8, 4) is 16.9 Å². The van der Waals surface area contributed by atoms with E-state index in [9.17, 15) is 17.6 Å². The maximum Gasteiger partial charge on any atom is 0.332 e. The third-order valence-corrected chi connectivity index (χ3v) is 4.87. The van der Waals surface area contributed by atoms with E-state index in [0.29, 0.717) is 23.8 Å². The molecule has 1 fully saturated rings. The molecule has 0 saturated heterocycles. The van der Waals surface area contributed by atoms with Crippen molar-refractivity contribution in [3.05, 3.63) is 53.6 Å². The number of hydrogen-bond donors (Lipinski definition) is 0. The normalized spacial score (nSPS) is 15.6. The Bertz CT molecular complexity index is 711. The molecule has 0 amide bonds. The third-order valence-electron chi connectivity index (χ3n) is 4.47. The zero-order valence-corrected chi connectivity index (χ0v) is 15.0. The zero-order chi connectivity index (χ0) is 18.0. The molecule has 6 heteroatoms. The number of alkyl halides is 3. The first-order valence-electron chi connectivity index (χ1n) is 8.14. The molecule has 2 aromatic carbocycles. The van der Waals surface area contributed by atoms with E-state index in [0.717, 1.165) is 12.1 Å². The molecule has 0 aliphatic heterocycles. The fraction of sp³-hybridized carbons (Fsp3) is 0.368. The second-order valence-corrected chi connectivity index (χ2v) is 7.29. The Kier molecular flexibility index (Phi) is 5.37. The van der Waals surface area contributed by atoms with Crippen LogP contribution >= 0.6 is 15.9 Å². The van der Waals surface area contributed by atoms with Crippen molar-refractivity contribution >= 4 is 15.9 Å². The van der Waals surface area contributed by atoms with Crippen molar-refractivity contribution in [2.24, 2.45) is 5.92 Å². The first-order chi connectivity index (χ1) is 11.8. The van der Waals surface area contributed by atoms with Crippen molar-refractivity contribution in [1.82, 2.24) is 0 Å². The van der Waals surface area contributed by atoms with Gasteiger partial charge in [0.15, 0.2) is 0 Å². The molecule has 0 unspecified atom stereocenters. The highest BCUT2D eigenvalue weighted by atomic mass is 79.9. The molecular formula is C19H17BrF4O. The SMILES string of the molecule is Fc1cc(-c2ccc(OCC3CCCC3)cc2)cc(F)c1C(F)(F)Br. The van der Waals surface area contributed by atoms with Crippen molar-refractivity contribution in [2.45, 2.75) is 30.5 Å². The van der Waals surface area contributed by atoms with E-state index in [2.05, 4.69) is 0 Å². The van der Waals surface area contributed by atoms with Crippen molar-refractivity contribution in [2.75, 3.05) is 6.61 Å². The van der Waals surface area contributed by atoms with E-state index >= 15 is 0 Å². The van der Waals surface area contributed by atoms with Crippen LogP contribution in [0.25, 0.3) is 11.1 Å². The fourth-order valence-corrected chi connectivity index (χ4v) is 3.52. The predicted molar refractivity (Wildman–Crippen MR) is 92.1 cm³/mol. The molecule has 134 valence electrons. The summed E-state index contributed by atoms with van der Waals surface area (Å²) < 4.78 is 59.9. The van der Waals surface area contributed by atoms with E-state index in [1.165, 1.54) is 25.7 Å². The van der Waals surface area contributed by atoms with E-state index < -0.39 is 22.0 Å². The molecule has 1 aliphatic rings. The fourth-order valence-electron chi connectivity index (χ4n) is 3.15. The number of ether oxygens (including phenoxy) is 1. The molecule has 0 atom stereocenters. The summed E-state index contributed by atoms with van der Waals surface area (Å²) >= 11 is 1.99. The van der Waals surface area contributed by atoms with Crippen LogP contribution in [0.2, 0.25) is 0 Å². The Morgan fingerprint density at radius 3 is 2.04 bits per heavy atom. The lowest BCUT2D eigenvalue weighted by atomic mass is 10.0. The number of benzene rings is 2. The highest BCUT2D eigenvalue weighted by Gasteiger charge is 2.34. The molecule has 0 radical (unpaired) electrons.